The van der Waals surface area contributed by atoms with Crippen LogP contribution in [0, 0.1) is 0 Å². The lowest BCUT2D eigenvalue weighted by atomic mass is 10.2. The third kappa shape index (κ3) is 16.8. The molecule has 0 aliphatic carbocycles. The van der Waals surface area contributed by atoms with Crippen LogP contribution in [-0.4, -0.2) is 100 Å². The second-order valence-electron chi connectivity index (χ2n) is 19.9. The number of benzene rings is 6. The SMILES string of the molecule is CCCCOc1cc2cnc3ccc(cnc4cc(OCCCC)c(OCCCC)cc4ncc4ccc(cnc5cc(OCCCC)c(OCCCC)cc5ncc5ccc(cnc2cc1OCCCC)c(O)c5O)c(O)c4O)c(O)c3O. The molecule has 10 aromatic rings. The van der Waals surface area contributed by atoms with E-state index in [1.54, 1.807) is 66.7 Å². The molecule has 0 saturated carbocycles. The van der Waals surface area contributed by atoms with E-state index in [0.717, 1.165) is 77.0 Å². The standard InChI is InChI=1S/C66H78N6O12/c1-7-13-25-79-55-31-48-42-67-49-24-23-47(65(77)66(49)78)41-72-54-36-60(84-30-18-12-6)59(83-29-17-11-5)35-53(54)71-40-46-22-21-45(63(75)64(46)76)39-70-52-34-58(82-28-16-10-4)57(81-27-15-9-3)33-51(52)69-38-44-20-19-43(61(73)62(44)74)37-68-50(48)32-56(55)80-26-14-8-2/h19-24,31-42,73-78H,7-18,25-30H2,1-6H3. The Morgan fingerprint density at radius 2 is 0.464 bits per heavy atom. The van der Waals surface area contributed by atoms with Crippen molar-refractivity contribution < 1.29 is 59.1 Å². The Kier molecular flexibility index (Phi) is 23.8. The molecule has 0 fully saturated rings. The maximum atomic E-state index is 11.5. The molecule has 0 aliphatic heterocycles. The molecule has 10 rings (SSSR count). The highest BCUT2D eigenvalue weighted by atomic mass is 16.5. The van der Waals surface area contributed by atoms with E-state index in [1.165, 1.54) is 43.2 Å². The number of phenols is 6. The van der Waals surface area contributed by atoms with E-state index in [2.05, 4.69) is 46.5 Å². The number of aromatic nitrogens is 6. The smallest absolute Gasteiger partial charge is 0.184 e. The second-order valence-corrected chi connectivity index (χ2v) is 19.9. The van der Waals surface area contributed by atoms with Crippen LogP contribution in [0.3, 0.4) is 0 Å². The van der Waals surface area contributed by atoms with Gasteiger partial charge in [0.15, 0.2) is 69.0 Å². The predicted octanol–water partition coefficient (Wildman–Crippen LogP) is 15.3. The molecule has 0 saturated heterocycles. The van der Waals surface area contributed by atoms with Gasteiger partial charge in [0.05, 0.1) is 67.2 Å². The second kappa shape index (κ2) is 32.0. The summed E-state index contributed by atoms with van der Waals surface area (Å²) in [7, 11) is 0. The molecule has 4 aromatic heterocycles. The van der Waals surface area contributed by atoms with Crippen molar-refractivity contribution in [3.8, 4) is 69.0 Å². The molecule has 84 heavy (non-hydrogen) atoms. The van der Waals surface area contributed by atoms with Gasteiger partial charge in [0, 0.05) is 99.8 Å². The van der Waals surface area contributed by atoms with Crippen molar-refractivity contribution in [2.24, 2.45) is 0 Å². The Morgan fingerprint density at radius 1 is 0.250 bits per heavy atom. The Balaban J connectivity index is 1.58. The summed E-state index contributed by atoms with van der Waals surface area (Å²) in [6.45, 7) is 14.8. The van der Waals surface area contributed by atoms with Crippen molar-refractivity contribution in [1.82, 2.24) is 29.9 Å². The van der Waals surface area contributed by atoms with Gasteiger partial charge in [0.25, 0.3) is 0 Å². The van der Waals surface area contributed by atoms with Gasteiger partial charge in [-0.3, -0.25) is 29.9 Å². The highest BCUT2D eigenvalue weighted by Gasteiger charge is 2.15. The molecule has 0 atom stereocenters. The summed E-state index contributed by atoms with van der Waals surface area (Å²) < 4.78 is 37.4. The minimum absolute atomic E-state index is 0.0187. The van der Waals surface area contributed by atoms with E-state index in [0.29, 0.717) is 107 Å². The van der Waals surface area contributed by atoms with Gasteiger partial charge in [-0.25, -0.2) is 0 Å². The Labute approximate surface area is 489 Å². The molecule has 0 radical (unpaired) electrons. The summed E-state index contributed by atoms with van der Waals surface area (Å²) in [6.07, 6.45) is 18.5. The zero-order valence-corrected chi connectivity index (χ0v) is 48.9. The summed E-state index contributed by atoms with van der Waals surface area (Å²) >= 11 is 0. The van der Waals surface area contributed by atoms with E-state index in [9.17, 15) is 30.6 Å². The third-order valence-electron chi connectivity index (χ3n) is 13.4. The number of hydrogen-bond acceptors (Lipinski definition) is 18. The predicted molar refractivity (Wildman–Crippen MR) is 330 cm³/mol. The summed E-state index contributed by atoms with van der Waals surface area (Å²) in [5.74, 6) is -0.367. The van der Waals surface area contributed by atoms with Gasteiger partial charge in [-0.1, -0.05) is 80.1 Å². The van der Waals surface area contributed by atoms with Crippen LogP contribution in [0.4, 0.5) is 0 Å². The number of unbranched alkanes of at least 4 members (excludes halogenated alkanes) is 6. The topological polar surface area (TPSA) is 254 Å². The van der Waals surface area contributed by atoms with Crippen LogP contribution >= 0.6 is 0 Å². The van der Waals surface area contributed by atoms with Crippen LogP contribution in [-0.2, 0) is 0 Å². The first kappa shape index (κ1) is 62.5. The number of hydrogen-bond donors (Lipinski definition) is 6. The molecule has 0 unspecified atom stereocenters. The fraction of sp³-hybridized carbons (Fsp3) is 0.364. The highest BCUT2D eigenvalue weighted by molar-refractivity contribution is 5.86. The summed E-state index contributed by atoms with van der Waals surface area (Å²) in [5, 5.41) is 70.3. The lowest BCUT2D eigenvalue weighted by Crippen LogP contribution is -2.02. The highest BCUT2D eigenvalue weighted by Crippen LogP contribution is 2.39. The minimum atomic E-state index is -0.529. The van der Waals surface area contributed by atoms with Gasteiger partial charge in [0.1, 0.15) is 5.52 Å². The number of nitrogens with zero attached hydrogens (tertiary/aromatic N) is 6. The van der Waals surface area contributed by atoms with E-state index >= 15 is 0 Å². The number of fused-ring (bicyclic) bond motifs is 3. The van der Waals surface area contributed by atoms with Crippen molar-refractivity contribution in [3.63, 3.8) is 0 Å². The van der Waals surface area contributed by atoms with Crippen molar-refractivity contribution in [2.75, 3.05) is 39.6 Å². The fourth-order valence-corrected chi connectivity index (χ4v) is 8.17. The summed E-state index contributed by atoms with van der Waals surface area (Å²) in [6, 6.07) is 19.5. The monoisotopic (exact) mass is 1150 g/mol. The molecule has 18 nitrogen and oxygen atoms in total. The average molecular weight is 1150 g/mol. The van der Waals surface area contributed by atoms with Crippen molar-refractivity contribution >= 4 is 65.4 Å². The number of ether oxygens (including phenoxy) is 6. The van der Waals surface area contributed by atoms with E-state index in [-0.39, 0.29) is 32.4 Å². The first-order valence-electron chi connectivity index (χ1n) is 29.1. The van der Waals surface area contributed by atoms with Crippen molar-refractivity contribution in [3.05, 3.63) is 110 Å². The van der Waals surface area contributed by atoms with Gasteiger partial charge in [-0.05, 0) is 81.0 Å². The molecule has 6 bridgehead atoms. The van der Waals surface area contributed by atoms with Gasteiger partial charge in [-0.2, -0.15) is 0 Å². The molecule has 0 spiro atoms. The zero-order valence-electron chi connectivity index (χ0n) is 48.9. The van der Waals surface area contributed by atoms with Gasteiger partial charge >= 0.3 is 0 Å². The van der Waals surface area contributed by atoms with Crippen molar-refractivity contribution in [1.29, 1.82) is 0 Å². The summed E-state index contributed by atoms with van der Waals surface area (Å²) in [5.41, 5.74) is 1.53. The molecule has 18 heteroatoms. The van der Waals surface area contributed by atoms with E-state index in [4.69, 9.17) is 53.3 Å². The number of rotatable bonds is 24. The third-order valence-corrected chi connectivity index (χ3v) is 13.4. The number of aromatic hydroxyl groups is 6. The first-order chi connectivity index (χ1) is 40.9. The molecule has 6 N–H and O–H groups in total. The minimum Gasteiger partial charge on any atom is -0.504 e. The Morgan fingerprint density at radius 3 is 0.750 bits per heavy atom. The molecule has 4 heterocycles. The maximum absolute atomic E-state index is 11.5. The van der Waals surface area contributed by atoms with Crippen LogP contribution in [0.15, 0.2) is 110 Å². The number of phenolic OH excluding ortho intramolecular Hbond substituents is 6. The van der Waals surface area contributed by atoms with Crippen LogP contribution in [0.1, 0.15) is 119 Å². The Hall–Kier alpha value is -9.06. The van der Waals surface area contributed by atoms with Crippen LogP contribution in [0.25, 0.3) is 65.4 Å². The molecular formula is C66H78N6O12. The van der Waals surface area contributed by atoms with Gasteiger partial charge in [0.2, 0.25) is 0 Å². The zero-order chi connectivity index (χ0) is 59.8. The van der Waals surface area contributed by atoms with Crippen molar-refractivity contribution in [2.45, 2.75) is 119 Å². The van der Waals surface area contributed by atoms with Gasteiger partial charge in [-0.15, -0.1) is 0 Å². The molecule has 0 amide bonds. The molecular weight excluding hydrogens is 1070 g/mol. The fourth-order valence-electron chi connectivity index (χ4n) is 8.17. The quantitative estimate of drug-likeness (QED) is 0.0243. The molecule has 444 valence electrons. The normalized spacial score (nSPS) is 10.9. The maximum Gasteiger partial charge on any atom is 0.184 e. The van der Waals surface area contributed by atoms with Crippen LogP contribution in [0.5, 0.6) is 69.0 Å². The van der Waals surface area contributed by atoms with E-state index in [1.807, 2.05) is 0 Å². The van der Waals surface area contributed by atoms with E-state index < -0.39 is 34.5 Å². The molecule has 0 aliphatic rings. The van der Waals surface area contributed by atoms with Crippen LogP contribution in [0.2, 0.25) is 0 Å². The van der Waals surface area contributed by atoms with Crippen LogP contribution < -0.4 is 28.4 Å². The Bertz CT molecular complexity index is 3110. The van der Waals surface area contributed by atoms with Gasteiger partial charge < -0.3 is 59.1 Å². The lowest BCUT2D eigenvalue weighted by molar-refractivity contribution is 0.262. The largest absolute Gasteiger partial charge is 0.504 e. The first-order valence-corrected chi connectivity index (χ1v) is 29.1. The average Bonchev–Trinajstić information content (AvgIpc) is 3.42. The summed E-state index contributed by atoms with van der Waals surface area (Å²) in [4.78, 5) is 28.4. The lowest BCUT2D eigenvalue weighted by Gasteiger charge is -2.13. The molecule has 6 aromatic carbocycles.